The van der Waals surface area contributed by atoms with Crippen LogP contribution in [0.1, 0.15) is 45.7 Å². The average Bonchev–Trinajstić information content (AvgIpc) is 2.96. The summed E-state index contributed by atoms with van der Waals surface area (Å²) in [5, 5.41) is 6.98. The SMILES string of the molecule is CCC(NC(=O)c1ccc2c(Cl)cnc(Cl)c2c1)c1ccccc1.O=C(Cl)c1ccc2c(Cl)cnc(Cl)c2c1. The number of halogens is 5. The fourth-order valence-corrected chi connectivity index (χ4v) is 4.92. The first-order chi connectivity index (χ1) is 18.7. The lowest BCUT2D eigenvalue weighted by molar-refractivity contribution is 0.0935. The fourth-order valence-electron chi connectivity index (χ4n) is 3.96. The van der Waals surface area contributed by atoms with Crippen molar-refractivity contribution < 1.29 is 9.59 Å². The molecule has 5 aromatic rings. The third-order valence-electron chi connectivity index (χ3n) is 5.99. The highest BCUT2D eigenvalue weighted by Crippen LogP contribution is 2.30. The van der Waals surface area contributed by atoms with Crippen molar-refractivity contribution in [3.63, 3.8) is 0 Å². The molecule has 5 nitrogen and oxygen atoms in total. The molecule has 1 unspecified atom stereocenters. The maximum Gasteiger partial charge on any atom is 0.252 e. The molecule has 1 amide bonds. The van der Waals surface area contributed by atoms with Crippen molar-refractivity contribution in [2.75, 3.05) is 0 Å². The Morgan fingerprint density at radius 1 is 0.744 bits per heavy atom. The van der Waals surface area contributed by atoms with Crippen LogP contribution in [-0.4, -0.2) is 21.1 Å². The second-order valence-electron chi connectivity index (χ2n) is 8.43. The van der Waals surface area contributed by atoms with Crippen molar-refractivity contribution in [1.82, 2.24) is 15.3 Å². The molecule has 0 spiro atoms. The van der Waals surface area contributed by atoms with E-state index in [2.05, 4.69) is 15.3 Å². The maximum atomic E-state index is 12.6. The van der Waals surface area contributed by atoms with Crippen molar-refractivity contribution in [3.8, 4) is 0 Å². The molecule has 0 fully saturated rings. The van der Waals surface area contributed by atoms with E-state index in [-0.39, 0.29) is 11.9 Å². The number of benzene rings is 3. The van der Waals surface area contributed by atoms with Crippen LogP contribution in [0.4, 0.5) is 0 Å². The molecule has 5 rings (SSSR count). The summed E-state index contributed by atoms with van der Waals surface area (Å²) < 4.78 is 0. The van der Waals surface area contributed by atoms with E-state index in [4.69, 9.17) is 58.0 Å². The smallest absolute Gasteiger partial charge is 0.252 e. The number of fused-ring (bicyclic) bond motifs is 2. The summed E-state index contributed by atoms with van der Waals surface area (Å²) in [6, 6.07) is 20.0. The van der Waals surface area contributed by atoms with E-state index in [9.17, 15) is 9.59 Å². The molecule has 1 atom stereocenters. The first-order valence-electron chi connectivity index (χ1n) is 11.7. The van der Waals surface area contributed by atoms with Crippen LogP contribution in [0.25, 0.3) is 21.5 Å². The molecule has 0 aliphatic carbocycles. The molecule has 3 aromatic carbocycles. The Morgan fingerprint density at radius 2 is 1.26 bits per heavy atom. The third kappa shape index (κ3) is 6.81. The van der Waals surface area contributed by atoms with Gasteiger partial charge >= 0.3 is 0 Å². The Hall–Kier alpha value is -2.93. The van der Waals surface area contributed by atoms with Gasteiger partial charge in [0, 0.05) is 45.1 Å². The summed E-state index contributed by atoms with van der Waals surface area (Å²) in [5.74, 6) is -0.149. The van der Waals surface area contributed by atoms with Crippen molar-refractivity contribution >= 4 is 90.7 Å². The predicted octanol–water partition coefficient (Wildman–Crippen LogP) is 9.34. The quantitative estimate of drug-likeness (QED) is 0.157. The van der Waals surface area contributed by atoms with Crippen molar-refractivity contribution in [1.29, 1.82) is 0 Å². The number of aromatic nitrogens is 2. The molecule has 0 saturated carbocycles. The first-order valence-corrected chi connectivity index (χ1v) is 13.6. The average molecular weight is 620 g/mol. The van der Waals surface area contributed by atoms with E-state index in [1.165, 1.54) is 12.4 Å². The zero-order chi connectivity index (χ0) is 28.1. The van der Waals surface area contributed by atoms with Crippen LogP contribution in [0, 0.1) is 0 Å². The van der Waals surface area contributed by atoms with Gasteiger partial charge in [-0.1, -0.05) is 95.8 Å². The number of rotatable bonds is 5. The van der Waals surface area contributed by atoms with E-state index >= 15 is 0 Å². The Kier molecular flexibility index (Phi) is 9.65. The molecular formula is C29H20Cl5N3O2. The van der Waals surface area contributed by atoms with E-state index in [0.717, 1.165) is 22.8 Å². The molecule has 1 N–H and O–H groups in total. The van der Waals surface area contributed by atoms with E-state index in [1.54, 1.807) is 36.4 Å². The molecule has 39 heavy (non-hydrogen) atoms. The van der Waals surface area contributed by atoms with Crippen LogP contribution >= 0.6 is 58.0 Å². The Balaban J connectivity index is 0.000000202. The van der Waals surface area contributed by atoms with Crippen molar-refractivity contribution in [3.05, 3.63) is 116 Å². The lowest BCUT2D eigenvalue weighted by Gasteiger charge is -2.17. The van der Waals surface area contributed by atoms with Gasteiger partial charge in [0.2, 0.25) is 0 Å². The minimum Gasteiger partial charge on any atom is -0.345 e. The molecule has 0 bridgehead atoms. The molecule has 0 aliphatic rings. The van der Waals surface area contributed by atoms with Gasteiger partial charge in [0.05, 0.1) is 16.1 Å². The van der Waals surface area contributed by atoms with Crippen LogP contribution < -0.4 is 5.32 Å². The second-order valence-corrected chi connectivity index (χ2v) is 10.3. The normalized spacial score (nSPS) is 11.5. The first kappa shape index (κ1) is 29.1. The fraction of sp³-hybridized carbons (Fsp3) is 0.103. The van der Waals surface area contributed by atoms with Crippen LogP contribution in [0.2, 0.25) is 20.4 Å². The number of amides is 1. The summed E-state index contributed by atoms with van der Waals surface area (Å²) in [6.45, 7) is 2.04. The molecule has 2 aromatic heterocycles. The topological polar surface area (TPSA) is 72.0 Å². The predicted molar refractivity (Wildman–Crippen MR) is 161 cm³/mol. The van der Waals surface area contributed by atoms with E-state index in [1.807, 2.05) is 37.3 Å². The molecule has 10 heteroatoms. The monoisotopic (exact) mass is 617 g/mol. The lowest BCUT2D eigenvalue weighted by atomic mass is 10.0. The number of nitrogens with zero attached hydrogens (tertiary/aromatic N) is 2. The van der Waals surface area contributed by atoms with Gasteiger partial charge < -0.3 is 5.32 Å². The van der Waals surface area contributed by atoms with Crippen molar-refractivity contribution in [2.24, 2.45) is 0 Å². The second kappa shape index (κ2) is 12.9. The number of hydrogen-bond acceptors (Lipinski definition) is 4. The van der Waals surface area contributed by atoms with Gasteiger partial charge in [-0.3, -0.25) is 9.59 Å². The molecule has 0 radical (unpaired) electrons. The number of carbonyl (C=O) groups excluding carboxylic acids is 2. The van der Waals surface area contributed by atoms with Gasteiger partial charge in [-0.2, -0.15) is 0 Å². The van der Waals surface area contributed by atoms with Gasteiger partial charge in [0.25, 0.3) is 11.1 Å². The summed E-state index contributed by atoms with van der Waals surface area (Å²) in [7, 11) is 0. The number of pyridine rings is 2. The highest BCUT2D eigenvalue weighted by atomic mass is 35.5. The van der Waals surface area contributed by atoms with Crippen LogP contribution in [0.5, 0.6) is 0 Å². The van der Waals surface area contributed by atoms with Crippen LogP contribution in [0.3, 0.4) is 0 Å². The zero-order valence-electron chi connectivity index (χ0n) is 20.4. The van der Waals surface area contributed by atoms with Gasteiger partial charge in [0.15, 0.2) is 0 Å². The lowest BCUT2D eigenvalue weighted by Crippen LogP contribution is -2.28. The minimum absolute atomic E-state index is 0.0395. The summed E-state index contributed by atoms with van der Waals surface area (Å²) in [6.07, 6.45) is 3.78. The standard InChI is InChI=1S/C19H16Cl2N2O.C10H4Cl3NO/c1-2-17(12-6-4-3-5-7-12)23-19(24)13-8-9-14-15(10-13)18(21)22-11-16(14)20;11-8-4-14-9(12)7-3-5(10(13)15)1-2-6(7)8/h3-11,17H,2H2,1H3,(H,23,24);1-4H. The Labute approximate surface area is 250 Å². The molecule has 0 aliphatic heterocycles. The highest BCUT2D eigenvalue weighted by molar-refractivity contribution is 6.67. The van der Waals surface area contributed by atoms with Gasteiger partial charge in [0.1, 0.15) is 10.3 Å². The molecule has 0 saturated heterocycles. The maximum absolute atomic E-state index is 12.6. The third-order valence-corrected chi connectivity index (χ3v) is 7.41. The highest BCUT2D eigenvalue weighted by Gasteiger charge is 2.15. The summed E-state index contributed by atoms with van der Waals surface area (Å²) in [5.41, 5.74) is 1.98. The largest absolute Gasteiger partial charge is 0.345 e. The zero-order valence-corrected chi connectivity index (χ0v) is 24.2. The minimum atomic E-state index is -0.534. The van der Waals surface area contributed by atoms with Crippen molar-refractivity contribution in [2.45, 2.75) is 19.4 Å². The van der Waals surface area contributed by atoms with Crippen LogP contribution in [0.15, 0.2) is 79.1 Å². The van der Waals surface area contributed by atoms with Gasteiger partial charge in [-0.25, -0.2) is 9.97 Å². The number of nitrogens with one attached hydrogen (secondary N) is 1. The number of hydrogen-bond donors (Lipinski definition) is 1. The Morgan fingerprint density at radius 3 is 1.77 bits per heavy atom. The Bertz CT molecular complexity index is 1680. The van der Waals surface area contributed by atoms with E-state index in [0.29, 0.717) is 42.3 Å². The summed E-state index contributed by atoms with van der Waals surface area (Å²) >= 11 is 29.4. The van der Waals surface area contributed by atoms with Crippen LogP contribution in [-0.2, 0) is 0 Å². The van der Waals surface area contributed by atoms with E-state index < -0.39 is 5.24 Å². The van der Waals surface area contributed by atoms with Gasteiger partial charge in [-0.05, 0) is 47.9 Å². The molecule has 198 valence electrons. The molecular weight excluding hydrogens is 600 g/mol. The number of carbonyl (C=O) groups is 2. The summed E-state index contributed by atoms with van der Waals surface area (Å²) in [4.78, 5) is 31.5. The molecule has 2 heterocycles. The van der Waals surface area contributed by atoms with Gasteiger partial charge in [-0.15, -0.1) is 0 Å².